The number of rotatable bonds is 9. The van der Waals surface area contributed by atoms with Crippen LogP contribution in [-0.2, 0) is 43.0 Å². The first-order valence-electron chi connectivity index (χ1n) is 12.9. The molecule has 2 atom stereocenters. The smallest absolute Gasteiger partial charge is 0.405 e. The van der Waals surface area contributed by atoms with Gasteiger partial charge < -0.3 is 19.9 Å². The lowest BCUT2D eigenvalue weighted by Crippen LogP contribution is -2.63. The van der Waals surface area contributed by atoms with Crippen molar-refractivity contribution < 1.29 is 47.8 Å². The molecule has 40 heavy (non-hydrogen) atoms. The molecule has 0 aliphatic carbocycles. The molecule has 15 nitrogen and oxygen atoms in total. The second-order valence-corrected chi connectivity index (χ2v) is 10.3. The van der Waals surface area contributed by atoms with Crippen molar-refractivity contribution in [2.45, 2.75) is 79.0 Å². The highest BCUT2D eigenvalue weighted by atomic mass is 16.6. The van der Waals surface area contributed by atoms with E-state index < -0.39 is 60.7 Å². The average molecular weight is 572 g/mol. The van der Waals surface area contributed by atoms with Gasteiger partial charge in [0.1, 0.15) is 5.60 Å². The maximum absolute atomic E-state index is 12.4. The maximum Gasteiger partial charge on any atom is 0.405 e. The standard InChI is InChI=1S/C20H30N4O8.C5H11NO2/c1-5-19(29)31-11-23-15(25)7-21(8-16(23)26)13(3)14(4)22-9-17(27)24(18(28)10-22)12-32-20(30)6-2;1-5(2,3)8-4(6)7/h13-14H,5-12H2,1-4H3;1-3H3,(H2,6,7). The number of carbonyl (C=O) groups excluding carboxylic acids is 7. The molecule has 0 spiro atoms. The van der Waals surface area contributed by atoms with Gasteiger partial charge in [-0.25, -0.2) is 14.6 Å². The van der Waals surface area contributed by atoms with E-state index in [4.69, 9.17) is 15.2 Å². The molecule has 2 heterocycles. The molecule has 0 radical (unpaired) electrons. The quantitative estimate of drug-likeness (QED) is 0.219. The van der Waals surface area contributed by atoms with Crippen LogP contribution >= 0.6 is 0 Å². The highest BCUT2D eigenvalue weighted by Crippen LogP contribution is 2.18. The number of piperazine rings is 2. The number of carbonyl (C=O) groups is 7. The predicted molar refractivity (Wildman–Crippen MR) is 139 cm³/mol. The van der Waals surface area contributed by atoms with Gasteiger partial charge >= 0.3 is 18.0 Å². The SMILES string of the molecule is CC(C)(C)OC(N)=O.CCC(=O)OCN1C(=O)CN(C(C)C(C)N2CC(=O)N(COC(=O)CC)C(=O)C2)CC1=O. The number of hydrogen-bond acceptors (Lipinski definition) is 12. The molecule has 2 N–H and O–H groups in total. The highest BCUT2D eigenvalue weighted by molar-refractivity contribution is 6.00. The van der Waals surface area contributed by atoms with Gasteiger partial charge in [0.25, 0.3) is 0 Å². The van der Waals surface area contributed by atoms with Gasteiger partial charge in [0.15, 0.2) is 13.5 Å². The molecular weight excluding hydrogens is 530 g/mol. The Balaban J connectivity index is 0.000000869. The summed E-state index contributed by atoms with van der Waals surface area (Å²) in [5, 5.41) is 0. The molecule has 0 aromatic rings. The Kier molecular flexibility index (Phi) is 13.1. The zero-order chi connectivity index (χ0) is 30.8. The van der Waals surface area contributed by atoms with E-state index in [1.54, 1.807) is 44.4 Å². The van der Waals surface area contributed by atoms with Gasteiger partial charge in [-0.3, -0.25) is 38.6 Å². The highest BCUT2D eigenvalue weighted by Gasteiger charge is 2.39. The molecule has 0 aromatic carbocycles. The van der Waals surface area contributed by atoms with E-state index in [0.29, 0.717) is 0 Å². The Morgan fingerprint density at radius 1 is 0.725 bits per heavy atom. The summed E-state index contributed by atoms with van der Waals surface area (Å²) in [7, 11) is 0. The van der Waals surface area contributed by atoms with Gasteiger partial charge in [-0.1, -0.05) is 13.8 Å². The Morgan fingerprint density at radius 3 is 1.23 bits per heavy atom. The summed E-state index contributed by atoms with van der Waals surface area (Å²) >= 11 is 0. The van der Waals surface area contributed by atoms with Crippen molar-refractivity contribution in [3.8, 4) is 0 Å². The largest absolute Gasteiger partial charge is 0.444 e. The fourth-order valence-electron chi connectivity index (χ4n) is 3.68. The number of amides is 5. The van der Waals surface area contributed by atoms with E-state index in [1.807, 2.05) is 13.8 Å². The summed E-state index contributed by atoms with van der Waals surface area (Å²) in [6, 6.07) is -0.651. The van der Waals surface area contributed by atoms with Crippen molar-refractivity contribution in [3.05, 3.63) is 0 Å². The number of nitrogens with zero attached hydrogens (tertiary/aromatic N) is 4. The number of nitrogens with two attached hydrogens (primary N) is 1. The maximum atomic E-state index is 12.4. The van der Waals surface area contributed by atoms with E-state index in [2.05, 4.69) is 4.74 Å². The monoisotopic (exact) mass is 571 g/mol. The fraction of sp³-hybridized carbons (Fsp3) is 0.720. The number of primary amides is 1. The molecule has 2 rings (SSSR count). The lowest BCUT2D eigenvalue weighted by Gasteiger charge is -2.43. The van der Waals surface area contributed by atoms with Crippen molar-refractivity contribution in [2.75, 3.05) is 39.6 Å². The normalized spacial score (nSPS) is 18.5. The van der Waals surface area contributed by atoms with Crippen LogP contribution in [0.1, 0.15) is 61.3 Å². The van der Waals surface area contributed by atoms with Crippen LogP contribution in [-0.4, -0.2) is 119 Å². The van der Waals surface area contributed by atoms with Crippen molar-refractivity contribution >= 4 is 41.7 Å². The summed E-state index contributed by atoms with van der Waals surface area (Å²) in [5.41, 5.74) is 4.26. The van der Waals surface area contributed by atoms with Gasteiger partial charge in [-0.05, 0) is 34.6 Å². The Labute approximate surface area is 233 Å². The minimum atomic E-state index is -0.725. The van der Waals surface area contributed by atoms with Crippen molar-refractivity contribution in [1.82, 2.24) is 19.6 Å². The van der Waals surface area contributed by atoms with Gasteiger partial charge in [0.05, 0.1) is 26.2 Å². The third-order valence-electron chi connectivity index (χ3n) is 6.10. The summed E-state index contributed by atoms with van der Waals surface area (Å²) in [5.74, 6) is -2.96. The lowest BCUT2D eigenvalue weighted by molar-refractivity contribution is -0.168. The zero-order valence-electron chi connectivity index (χ0n) is 24.3. The summed E-state index contributed by atoms with van der Waals surface area (Å²) in [4.78, 5) is 87.4. The van der Waals surface area contributed by atoms with Crippen molar-refractivity contribution in [2.24, 2.45) is 5.73 Å². The van der Waals surface area contributed by atoms with Crippen LogP contribution in [0, 0.1) is 0 Å². The number of esters is 2. The van der Waals surface area contributed by atoms with E-state index in [1.165, 1.54) is 0 Å². The van der Waals surface area contributed by atoms with Gasteiger partial charge in [-0.15, -0.1) is 0 Å². The molecule has 2 unspecified atom stereocenters. The number of hydrogen-bond donors (Lipinski definition) is 1. The minimum Gasteiger partial charge on any atom is -0.444 e. The van der Waals surface area contributed by atoms with E-state index in [-0.39, 0.29) is 51.1 Å². The van der Waals surface area contributed by atoms with Crippen LogP contribution in [0.15, 0.2) is 0 Å². The number of imide groups is 2. The van der Waals surface area contributed by atoms with Crippen molar-refractivity contribution in [3.63, 3.8) is 0 Å². The lowest BCUT2D eigenvalue weighted by atomic mass is 10.1. The molecule has 5 amide bonds. The van der Waals surface area contributed by atoms with Crippen LogP contribution in [0.25, 0.3) is 0 Å². The number of ether oxygens (including phenoxy) is 3. The Bertz CT molecular complexity index is 880. The first-order chi connectivity index (χ1) is 18.5. The van der Waals surface area contributed by atoms with E-state index in [9.17, 15) is 33.6 Å². The van der Waals surface area contributed by atoms with Crippen LogP contribution in [0.3, 0.4) is 0 Å². The van der Waals surface area contributed by atoms with E-state index in [0.717, 1.165) is 9.80 Å². The zero-order valence-corrected chi connectivity index (χ0v) is 24.3. The molecule has 2 aliphatic rings. The third-order valence-corrected chi connectivity index (χ3v) is 6.10. The van der Waals surface area contributed by atoms with Gasteiger partial charge in [0.2, 0.25) is 23.6 Å². The molecule has 2 fully saturated rings. The van der Waals surface area contributed by atoms with E-state index >= 15 is 0 Å². The van der Waals surface area contributed by atoms with Gasteiger partial charge in [0, 0.05) is 24.9 Å². The van der Waals surface area contributed by atoms with Crippen LogP contribution < -0.4 is 5.73 Å². The molecule has 226 valence electrons. The summed E-state index contributed by atoms with van der Waals surface area (Å²) in [6.45, 7) is 11.1. The van der Waals surface area contributed by atoms with Crippen LogP contribution in [0.4, 0.5) is 4.79 Å². The average Bonchev–Trinajstić information content (AvgIpc) is 2.84. The molecule has 15 heteroatoms. The molecule has 0 bridgehead atoms. The minimum absolute atomic E-state index is 0.0598. The van der Waals surface area contributed by atoms with Crippen LogP contribution in [0.2, 0.25) is 0 Å². The predicted octanol–water partition coefficient (Wildman–Crippen LogP) is -0.193. The summed E-state index contributed by atoms with van der Waals surface area (Å²) < 4.78 is 14.4. The Morgan fingerprint density at radius 2 is 1.02 bits per heavy atom. The summed E-state index contributed by atoms with van der Waals surface area (Å²) in [6.07, 6.45) is -0.442. The first kappa shape index (κ1) is 34.4. The second kappa shape index (κ2) is 15.3. The third kappa shape index (κ3) is 10.9. The van der Waals surface area contributed by atoms with Gasteiger partial charge in [-0.2, -0.15) is 0 Å². The molecule has 0 saturated carbocycles. The molecular formula is C25H41N5O10. The van der Waals surface area contributed by atoms with Crippen molar-refractivity contribution in [1.29, 1.82) is 0 Å². The molecule has 2 aliphatic heterocycles. The molecule has 0 aromatic heterocycles. The van der Waals surface area contributed by atoms with Crippen LogP contribution in [0.5, 0.6) is 0 Å². The second-order valence-electron chi connectivity index (χ2n) is 10.3. The first-order valence-corrected chi connectivity index (χ1v) is 12.9. The fourth-order valence-corrected chi connectivity index (χ4v) is 3.68. The Hall–Kier alpha value is -3.59. The molecule has 2 saturated heterocycles. The topological polar surface area (TPSA) is 186 Å².